The lowest BCUT2D eigenvalue weighted by atomic mass is 9.87. The summed E-state index contributed by atoms with van der Waals surface area (Å²) < 4.78 is 6.50. The topological polar surface area (TPSA) is 93.3 Å². The van der Waals surface area contributed by atoms with E-state index in [9.17, 15) is 9.59 Å². The Hall–Kier alpha value is -2.64. The van der Waals surface area contributed by atoms with Crippen molar-refractivity contribution >= 4 is 11.8 Å². The molecule has 1 saturated heterocycles. The third kappa shape index (κ3) is 2.26. The summed E-state index contributed by atoms with van der Waals surface area (Å²) in [6.07, 6.45) is 7.24. The molecule has 2 aromatic rings. The molecule has 2 amide bonds. The number of amides is 2. The Morgan fingerprint density at radius 2 is 2.32 bits per heavy atom. The van der Waals surface area contributed by atoms with Crippen LogP contribution in [0.3, 0.4) is 0 Å². The summed E-state index contributed by atoms with van der Waals surface area (Å²) in [5.74, 6) is -0.400. The van der Waals surface area contributed by atoms with Crippen LogP contribution in [0, 0.1) is 0 Å². The first-order valence-corrected chi connectivity index (χ1v) is 7.07. The highest BCUT2D eigenvalue weighted by atomic mass is 16.3. The second-order valence-corrected chi connectivity index (χ2v) is 5.27. The zero-order valence-corrected chi connectivity index (χ0v) is 12.2. The third-order valence-corrected chi connectivity index (χ3v) is 4.00. The number of likely N-dealkylation sites (tertiary alicyclic amines) is 1. The second kappa shape index (κ2) is 5.63. The normalized spacial score (nSPS) is 21.6. The van der Waals surface area contributed by atoms with Crippen LogP contribution in [0.2, 0.25) is 0 Å². The van der Waals surface area contributed by atoms with Crippen molar-refractivity contribution < 1.29 is 14.0 Å². The zero-order chi connectivity index (χ0) is 15.6. The largest absolute Gasteiger partial charge is 0.451 e. The van der Waals surface area contributed by atoms with E-state index < -0.39 is 5.54 Å². The highest BCUT2D eigenvalue weighted by molar-refractivity contribution is 5.93. The van der Waals surface area contributed by atoms with Gasteiger partial charge < -0.3 is 14.6 Å². The standard InChI is InChI=1S/C14H17N5O3/c1-15-13(21)14(19-7-3-5-17-19)4-2-6-18(9-14)12(20)11-8-22-10-16-11/h3,5,7-8,10H,2,4,6,9H2,1H3,(H,15,21). The van der Waals surface area contributed by atoms with E-state index in [4.69, 9.17) is 4.42 Å². The van der Waals surface area contributed by atoms with E-state index >= 15 is 0 Å². The maximum atomic E-state index is 12.5. The van der Waals surface area contributed by atoms with Crippen LogP contribution in [0.1, 0.15) is 23.3 Å². The molecule has 2 aromatic heterocycles. The van der Waals surface area contributed by atoms with Crippen LogP contribution in [-0.4, -0.2) is 51.6 Å². The number of piperidine rings is 1. The molecule has 116 valence electrons. The van der Waals surface area contributed by atoms with E-state index in [1.165, 1.54) is 12.7 Å². The van der Waals surface area contributed by atoms with Crippen LogP contribution in [0.5, 0.6) is 0 Å². The van der Waals surface area contributed by atoms with Crippen molar-refractivity contribution in [1.29, 1.82) is 0 Å². The Kier molecular flexibility index (Phi) is 3.66. The maximum Gasteiger partial charge on any atom is 0.275 e. The Labute approximate surface area is 127 Å². The Morgan fingerprint density at radius 1 is 1.45 bits per heavy atom. The van der Waals surface area contributed by atoms with Crippen LogP contribution < -0.4 is 5.32 Å². The van der Waals surface area contributed by atoms with Gasteiger partial charge in [-0.15, -0.1) is 0 Å². The Bertz CT molecular complexity index is 652. The van der Waals surface area contributed by atoms with E-state index in [0.717, 1.165) is 0 Å². The molecule has 1 atom stereocenters. The van der Waals surface area contributed by atoms with Crippen LogP contribution in [0.4, 0.5) is 0 Å². The lowest BCUT2D eigenvalue weighted by Gasteiger charge is -2.41. The number of hydrogen-bond acceptors (Lipinski definition) is 5. The summed E-state index contributed by atoms with van der Waals surface area (Å²) >= 11 is 0. The highest BCUT2D eigenvalue weighted by Gasteiger charge is 2.45. The van der Waals surface area contributed by atoms with Gasteiger partial charge in [-0.3, -0.25) is 14.3 Å². The summed E-state index contributed by atoms with van der Waals surface area (Å²) in [4.78, 5) is 30.5. The predicted molar refractivity (Wildman–Crippen MR) is 75.9 cm³/mol. The summed E-state index contributed by atoms with van der Waals surface area (Å²) in [5, 5.41) is 6.91. The van der Waals surface area contributed by atoms with Crippen molar-refractivity contribution in [2.45, 2.75) is 18.4 Å². The molecule has 1 fully saturated rings. The molecule has 8 heteroatoms. The molecule has 1 N–H and O–H groups in total. The summed E-state index contributed by atoms with van der Waals surface area (Å²) in [5.41, 5.74) is -0.649. The van der Waals surface area contributed by atoms with E-state index in [1.54, 1.807) is 35.1 Å². The number of nitrogens with one attached hydrogen (secondary N) is 1. The third-order valence-electron chi connectivity index (χ3n) is 4.00. The Balaban J connectivity index is 1.92. The van der Waals surface area contributed by atoms with Gasteiger partial charge in [-0.2, -0.15) is 5.10 Å². The van der Waals surface area contributed by atoms with Crippen LogP contribution in [0.15, 0.2) is 35.5 Å². The zero-order valence-electron chi connectivity index (χ0n) is 12.2. The number of carbonyl (C=O) groups excluding carboxylic acids is 2. The van der Waals surface area contributed by atoms with Crippen molar-refractivity contribution in [3.05, 3.63) is 36.8 Å². The van der Waals surface area contributed by atoms with E-state index in [1.807, 2.05) is 0 Å². The molecule has 0 bridgehead atoms. The van der Waals surface area contributed by atoms with Gasteiger partial charge in [-0.1, -0.05) is 0 Å². The minimum atomic E-state index is -0.893. The van der Waals surface area contributed by atoms with E-state index in [0.29, 0.717) is 19.4 Å². The number of carbonyl (C=O) groups is 2. The molecule has 3 heterocycles. The number of nitrogens with zero attached hydrogens (tertiary/aromatic N) is 4. The first kappa shape index (κ1) is 14.3. The van der Waals surface area contributed by atoms with Crippen LogP contribution in [0.25, 0.3) is 0 Å². The molecule has 22 heavy (non-hydrogen) atoms. The summed E-state index contributed by atoms with van der Waals surface area (Å²) in [6.45, 7) is 0.825. The average Bonchev–Trinajstić information content (AvgIpc) is 3.26. The van der Waals surface area contributed by atoms with Crippen molar-refractivity contribution in [2.75, 3.05) is 20.1 Å². The number of oxazole rings is 1. The van der Waals surface area contributed by atoms with Gasteiger partial charge in [0.05, 0.1) is 6.54 Å². The highest BCUT2D eigenvalue weighted by Crippen LogP contribution is 2.29. The van der Waals surface area contributed by atoms with Crippen molar-refractivity contribution in [2.24, 2.45) is 0 Å². The molecule has 1 unspecified atom stereocenters. The minimum Gasteiger partial charge on any atom is -0.451 e. The molecule has 0 saturated carbocycles. The van der Waals surface area contributed by atoms with Crippen LogP contribution in [-0.2, 0) is 10.3 Å². The quantitative estimate of drug-likeness (QED) is 0.877. The fourth-order valence-corrected chi connectivity index (χ4v) is 2.92. The van der Waals surface area contributed by atoms with Crippen LogP contribution >= 0.6 is 0 Å². The fourth-order valence-electron chi connectivity index (χ4n) is 2.92. The predicted octanol–water partition coefficient (Wildman–Crippen LogP) is 0.249. The molecule has 1 aliphatic heterocycles. The van der Waals surface area contributed by atoms with E-state index in [-0.39, 0.29) is 24.1 Å². The molecule has 1 aliphatic rings. The average molecular weight is 303 g/mol. The first-order chi connectivity index (χ1) is 10.7. The van der Waals surface area contributed by atoms with Gasteiger partial charge in [0.1, 0.15) is 6.26 Å². The minimum absolute atomic E-state index is 0.158. The van der Waals surface area contributed by atoms with Gasteiger partial charge in [0.25, 0.3) is 5.91 Å². The lowest BCUT2D eigenvalue weighted by molar-refractivity contribution is -0.132. The molecule has 3 rings (SSSR count). The smallest absolute Gasteiger partial charge is 0.275 e. The Morgan fingerprint density at radius 3 is 2.95 bits per heavy atom. The molecule has 0 aromatic carbocycles. The monoisotopic (exact) mass is 303 g/mol. The van der Waals surface area contributed by atoms with Gasteiger partial charge in [0, 0.05) is 26.0 Å². The number of hydrogen-bond donors (Lipinski definition) is 1. The van der Waals surface area contributed by atoms with Gasteiger partial charge in [0.15, 0.2) is 17.6 Å². The van der Waals surface area contributed by atoms with Crippen molar-refractivity contribution in [3.8, 4) is 0 Å². The summed E-state index contributed by atoms with van der Waals surface area (Å²) in [6, 6.07) is 1.77. The number of likely N-dealkylation sites (N-methyl/N-ethyl adjacent to an activating group) is 1. The van der Waals surface area contributed by atoms with Gasteiger partial charge in [-0.05, 0) is 18.9 Å². The van der Waals surface area contributed by atoms with Gasteiger partial charge in [-0.25, -0.2) is 4.98 Å². The SMILES string of the molecule is CNC(=O)C1(n2cccn2)CCCN(C(=O)c2cocn2)C1. The lowest BCUT2D eigenvalue weighted by Crippen LogP contribution is -2.59. The molecule has 0 radical (unpaired) electrons. The second-order valence-electron chi connectivity index (χ2n) is 5.27. The number of aromatic nitrogens is 3. The number of rotatable bonds is 3. The summed E-state index contributed by atoms with van der Waals surface area (Å²) in [7, 11) is 1.59. The van der Waals surface area contributed by atoms with E-state index in [2.05, 4.69) is 15.4 Å². The molecule has 0 aliphatic carbocycles. The fraction of sp³-hybridized carbons (Fsp3) is 0.429. The molecular formula is C14H17N5O3. The van der Waals surface area contributed by atoms with Crippen molar-refractivity contribution in [3.63, 3.8) is 0 Å². The van der Waals surface area contributed by atoms with Gasteiger partial charge >= 0.3 is 0 Å². The van der Waals surface area contributed by atoms with Crippen molar-refractivity contribution in [1.82, 2.24) is 25.0 Å². The van der Waals surface area contributed by atoms with Gasteiger partial charge in [0.2, 0.25) is 5.91 Å². The maximum absolute atomic E-state index is 12.5. The molecule has 0 spiro atoms. The molecular weight excluding hydrogens is 286 g/mol. The molecule has 8 nitrogen and oxygen atoms in total. The first-order valence-electron chi connectivity index (χ1n) is 7.07.